The monoisotopic (exact) mass is 490 g/mol. The lowest BCUT2D eigenvalue weighted by molar-refractivity contribution is -0.161. The standard InChI is InChI=1S/C29H34N2O5/c1-3-36-28(34)29-16-9-14-25(29)31(20-21-10-5-4-6-11-21)27(33)23(19-29)18-26(32)30-17-15-22-12-7-8-13-24(22)35-2/h4-8,10-14,23H,3,9,15-20H2,1-2H3,(H,30,32)/t23-,29-/m0/s1. The quantitative estimate of drug-likeness (QED) is 0.509. The van der Waals surface area contributed by atoms with E-state index < -0.39 is 11.3 Å². The van der Waals surface area contributed by atoms with E-state index in [4.69, 9.17) is 9.47 Å². The van der Waals surface area contributed by atoms with Gasteiger partial charge in [0.15, 0.2) is 0 Å². The number of para-hydroxylation sites is 1. The smallest absolute Gasteiger partial charge is 0.318 e. The lowest BCUT2D eigenvalue weighted by Gasteiger charge is -2.44. The molecule has 190 valence electrons. The van der Waals surface area contributed by atoms with E-state index in [0.29, 0.717) is 38.8 Å². The molecule has 2 aromatic rings. The topological polar surface area (TPSA) is 84.9 Å². The minimum Gasteiger partial charge on any atom is -0.496 e. The fourth-order valence-corrected chi connectivity index (χ4v) is 5.39. The molecule has 2 aromatic carbocycles. The number of rotatable bonds is 10. The second-order valence-corrected chi connectivity index (χ2v) is 9.36. The number of nitrogens with zero attached hydrogens (tertiary/aromatic N) is 1. The number of carbonyl (C=O) groups excluding carboxylic acids is 3. The Kier molecular flexibility index (Phi) is 8.08. The van der Waals surface area contributed by atoms with Crippen LogP contribution in [-0.4, -0.2) is 42.9 Å². The Morgan fingerprint density at radius 2 is 1.86 bits per heavy atom. The number of esters is 1. The van der Waals surface area contributed by atoms with Crippen molar-refractivity contribution in [2.45, 2.75) is 45.6 Å². The van der Waals surface area contributed by atoms with Gasteiger partial charge in [-0.25, -0.2) is 0 Å². The highest BCUT2D eigenvalue weighted by molar-refractivity contribution is 5.92. The van der Waals surface area contributed by atoms with Crippen molar-refractivity contribution >= 4 is 17.8 Å². The molecule has 2 aliphatic rings. The lowest BCUT2D eigenvalue weighted by atomic mass is 9.71. The highest BCUT2D eigenvalue weighted by atomic mass is 16.5. The minimum absolute atomic E-state index is 0.0322. The van der Waals surface area contributed by atoms with Crippen molar-refractivity contribution in [1.29, 1.82) is 0 Å². The Hall–Kier alpha value is -3.61. The molecule has 1 N–H and O–H groups in total. The number of hydrogen-bond acceptors (Lipinski definition) is 5. The summed E-state index contributed by atoms with van der Waals surface area (Å²) in [5, 5.41) is 2.95. The fraction of sp³-hybridized carbons (Fsp3) is 0.414. The molecule has 0 unspecified atom stereocenters. The maximum Gasteiger partial charge on any atom is 0.318 e. The van der Waals surface area contributed by atoms with Crippen LogP contribution in [0.5, 0.6) is 5.75 Å². The first kappa shape index (κ1) is 25.5. The zero-order valence-corrected chi connectivity index (χ0v) is 21.0. The molecule has 0 saturated carbocycles. The van der Waals surface area contributed by atoms with E-state index >= 15 is 0 Å². The number of likely N-dealkylation sites (tertiary alicyclic amines) is 1. The average molecular weight is 491 g/mol. The predicted molar refractivity (Wildman–Crippen MR) is 136 cm³/mol. The molecule has 36 heavy (non-hydrogen) atoms. The third-order valence-corrected chi connectivity index (χ3v) is 7.09. The van der Waals surface area contributed by atoms with Gasteiger partial charge in [-0.2, -0.15) is 0 Å². The number of nitrogens with one attached hydrogen (secondary N) is 1. The van der Waals surface area contributed by atoms with Gasteiger partial charge in [0.05, 0.1) is 20.3 Å². The van der Waals surface area contributed by atoms with Crippen molar-refractivity contribution in [2.75, 3.05) is 20.3 Å². The molecule has 1 aliphatic carbocycles. The summed E-state index contributed by atoms with van der Waals surface area (Å²) in [6.07, 6.45) is 4.22. The summed E-state index contributed by atoms with van der Waals surface area (Å²) in [5.41, 5.74) is 1.81. The molecule has 0 aromatic heterocycles. The molecule has 2 amide bonds. The lowest BCUT2D eigenvalue weighted by Crippen LogP contribution is -2.52. The maximum atomic E-state index is 13.6. The van der Waals surface area contributed by atoms with E-state index in [1.807, 2.05) is 60.7 Å². The van der Waals surface area contributed by atoms with Gasteiger partial charge < -0.3 is 19.7 Å². The first-order chi connectivity index (χ1) is 17.5. The van der Waals surface area contributed by atoms with Crippen molar-refractivity contribution < 1.29 is 23.9 Å². The summed E-state index contributed by atoms with van der Waals surface area (Å²) < 4.78 is 10.9. The maximum absolute atomic E-state index is 13.6. The zero-order valence-electron chi connectivity index (χ0n) is 21.0. The van der Waals surface area contributed by atoms with Crippen LogP contribution in [-0.2, 0) is 32.1 Å². The Morgan fingerprint density at radius 3 is 2.61 bits per heavy atom. The number of amides is 2. The molecule has 1 saturated heterocycles. The van der Waals surface area contributed by atoms with Gasteiger partial charge in [-0.05, 0) is 49.8 Å². The molecule has 0 radical (unpaired) electrons. The number of ether oxygens (including phenoxy) is 2. The Balaban J connectivity index is 1.49. The average Bonchev–Trinajstić information content (AvgIpc) is 3.32. The van der Waals surface area contributed by atoms with Crippen molar-refractivity contribution in [1.82, 2.24) is 10.2 Å². The second kappa shape index (κ2) is 11.4. The molecule has 0 spiro atoms. The molecular formula is C29H34N2O5. The van der Waals surface area contributed by atoms with Crippen LogP contribution in [0.15, 0.2) is 66.4 Å². The molecular weight excluding hydrogens is 456 g/mol. The number of benzene rings is 2. The van der Waals surface area contributed by atoms with Crippen LogP contribution in [0.1, 0.15) is 43.7 Å². The number of hydrogen-bond donors (Lipinski definition) is 1. The molecule has 1 aliphatic heterocycles. The van der Waals surface area contributed by atoms with Gasteiger partial charge in [-0.3, -0.25) is 14.4 Å². The number of carbonyl (C=O) groups is 3. The van der Waals surface area contributed by atoms with Crippen LogP contribution in [0.4, 0.5) is 0 Å². The van der Waals surface area contributed by atoms with E-state index in [1.54, 1.807) is 18.9 Å². The Bertz CT molecular complexity index is 1130. The molecule has 7 nitrogen and oxygen atoms in total. The minimum atomic E-state index is -0.888. The van der Waals surface area contributed by atoms with Gasteiger partial charge in [0, 0.05) is 24.6 Å². The molecule has 0 bridgehead atoms. The van der Waals surface area contributed by atoms with Crippen molar-refractivity contribution in [3.05, 3.63) is 77.5 Å². The van der Waals surface area contributed by atoms with Crippen LogP contribution in [0.25, 0.3) is 0 Å². The van der Waals surface area contributed by atoms with Gasteiger partial charge in [0.2, 0.25) is 11.8 Å². The fourth-order valence-electron chi connectivity index (χ4n) is 5.39. The van der Waals surface area contributed by atoms with Gasteiger partial charge in [0.1, 0.15) is 11.2 Å². The van der Waals surface area contributed by atoms with Gasteiger partial charge >= 0.3 is 5.97 Å². The summed E-state index contributed by atoms with van der Waals surface area (Å²) in [6.45, 7) is 2.85. The summed E-state index contributed by atoms with van der Waals surface area (Å²) in [7, 11) is 1.62. The van der Waals surface area contributed by atoms with Crippen LogP contribution in [0.2, 0.25) is 0 Å². The zero-order chi connectivity index (χ0) is 25.5. The number of methoxy groups -OCH3 is 1. The van der Waals surface area contributed by atoms with E-state index in [1.165, 1.54) is 0 Å². The van der Waals surface area contributed by atoms with Gasteiger partial charge in [-0.1, -0.05) is 54.6 Å². The van der Waals surface area contributed by atoms with E-state index in [-0.39, 0.29) is 30.8 Å². The SMILES string of the molecule is CCOC(=O)[C@]12CCC=C1N(Cc1ccccc1)C(=O)[C@@H](CC(=O)NCCc1ccccc1OC)C2. The van der Waals surface area contributed by atoms with E-state index in [2.05, 4.69) is 5.32 Å². The molecule has 4 rings (SSSR count). The molecule has 7 heteroatoms. The second-order valence-electron chi connectivity index (χ2n) is 9.36. The summed E-state index contributed by atoms with van der Waals surface area (Å²) in [6, 6.07) is 17.4. The van der Waals surface area contributed by atoms with E-state index in [9.17, 15) is 14.4 Å². The number of piperidine rings is 1. The Morgan fingerprint density at radius 1 is 1.11 bits per heavy atom. The molecule has 2 atom stereocenters. The van der Waals surface area contributed by atoms with Crippen LogP contribution < -0.4 is 10.1 Å². The summed E-state index contributed by atoms with van der Waals surface area (Å²) in [4.78, 5) is 41.5. The first-order valence-corrected chi connectivity index (χ1v) is 12.6. The van der Waals surface area contributed by atoms with Crippen molar-refractivity contribution in [3.8, 4) is 5.75 Å². The third kappa shape index (κ3) is 5.30. The van der Waals surface area contributed by atoms with Crippen LogP contribution in [0.3, 0.4) is 0 Å². The normalized spacial score (nSPS) is 20.9. The molecule has 1 fully saturated rings. The van der Waals surface area contributed by atoms with Crippen LogP contribution >= 0.6 is 0 Å². The number of allylic oxidation sites excluding steroid dienone is 1. The first-order valence-electron chi connectivity index (χ1n) is 12.6. The highest BCUT2D eigenvalue weighted by Gasteiger charge is 2.55. The largest absolute Gasteiger partial charge is 0.496 e. The number of fused-ring (bicyclic) bond motifs is 1. The molecule has 1 heterocycles. The summed E-state index contributed by atoms with van der Waals surface area (Å²) in [5.74, 6) is -0.442. The van der Waals surface area contributed by atoms with Gasteiger partial charge in [0.25, 0.3) is 0 Å². The third-order valence-electron chi connectivity index (χ3n) is 7.09. The summed E-state index contributed by atoms with van der Waals surface area (Å²) >= 11 is 0. The highest BCUT2D eigenvalue weighted by Crippen LogP contribution is 2.51. The predicted octanol–water partition coefficient (Wildman–Crippen LogP) is 4.02. The van der Waals surface area contributed by atoms with Crippen molar-refractivity contribution in [3.63, 3.8) is 0 Å². The van der Waals surface area contributed by atoms with E-state index in [0.717, 1.165) is 22.6 Å². The van der Waals surface area contributed by atoms with Crippen molar-refractivity contribution in [2.24, 2.45) is 11.3 Å². The Labute approximate surface area is 212 Å². The van der Waals surface area contributed by atoms with Crippen LogP contribution in [0, 0.1) is 11.3 Å². The van der Waals surface area contributed by atoms with Gasteiger partial charge in [-0.15, -0.1) is 0 Å².